The lowest BCUT2D eigenvalue weighted by Crippen LogP contribution is -2.61. The number of esters is 1. The fourth-order valence-corrected chi connectivity index (χ4v) is 9.66. The van der Waals surface area contributed by atoms with E-state index < -0.39 is 80.7 Å². The second kappa shape index (κ2) is 51.1. The average molecular weight is 1120 g/mol. The van der Waals surface area contributed by atoms with Crippen LogP contribution in [0, 0.1) is 0 Å². The van der Waals surface area contributed by atoms with Crippen LogP contribution in [0.15, 0.2) is 72.9 Å². The van der Waals surface area contributed by atoms with Gasteiger partial charge in [-0.1, -0.05) is 215 Å². The van der Waals surface area contributed by atoms with Crippen LogP contribution in [-0.4, -0.2) is 142 Å². The molecule has 2 heterocycles. The summed E-state index contributed by atoms with van der Waals surface area (Å²) in [5, 5.41) is 72.5. The molecule has 0 aromatic heterocycles. The van der Waals surface area contributed by atoms with E-state index >= 15 is 0 Å². The monoisotopic (exact) mass is 1120 g/mol. The maximum absolute atomic E-state index is 13.1. The van der Waals surface area contributed by atoms with E-state index in [0.29, 0.717) is 13.0 Å². The van der Waals surface area contributed by atoms with Gasteiger partial charge in [0.1, 0.15) is 54.9 Å². The molecule has 2 saturated heterocycles. The van der Waals surface area contributed by atoms with Gasteiger partial charge < -0.3 is 64.2 Å². The highest BCUT2D eigenvalue weighted by molar-refractivity contribution is 5.69. The standard InChI is InChI=1S/C65H114O14/c1-3-5-7-9-11-13-15-17-19-21-23-24-25-26-27-28-29-31-33-35-37-39-41-43-45-47-49-74-51-54(77-57(67)48-46-44-42-40-38-36-34-32-30-22-20-18-16-14-12-10-8-6-4-2)52-75-64-63(73)61(71)59(69)56(79-64)53-76-65-62(72)60(70)58(68)55(50-66)78-65/h6,8,12,14-15,17-18,20-21,23,30,32,54-56,58-66,68-73H,3-5,7,9-11,13,16,19,22,24-29,31,33-53H2,1-2H3/b8-6-,14-12-,17-15-,20-18-,23-21-,32-30-. The molecule has 0 aromatic carbocycles. The predicted octanol–water partition coefficient (Wildman–Crippen LogP) is 12.2. The van der Waals surface area contributed by atoms with Gasteiger partial charge in [-0.05, 0) is 83.5 Å². The number of ether oxygens (including phenoxy) is 6. The number of carbonyl (C=O) groups excluding carboxylic acids is 1. The molecule has 0 amide bonds. The molecule has 458 valence electrons. The molecule has 2 fully saturated rings. The Morgan fingerprint density at radius 2 is 0.823 bits per heavy atom. The van der Waals surface area contributed by atoms with Crippen LogP contribution in [0.1, 0.15) is 232 Å². The zero-order valence-electron chi connectivity index (χ0n) is 49.3. The summed E-state index contributed by atoms with van der Waals surface area (Å²) in [5.74, 6) is -0.390. The minimum absolute atomic E-state index is 0.0530. The molecule has 11 atom stereocenters. The Kier molecular flexibility index (Phi) is 46.9. The Morgan fingerprint density at radius 3 is 1.29 bits per heavy atom. The smallest absolute Gasteiger partial charge is 0.306 e. The predicted molar refractivity (Wildman–Crippen MR) is 316 cm³/mol. The minimum Gasteiger partial charge on any atom is -0.457 e. The van der Waals surface area contributed by atoms with Crippen molar-refractivity contribution in [2.75, 3.05) is 33.0 Å². The lowest BCUT2D eigenvalue weighted by molar-refractivity contribution is -0.332. The van der Waals surface area contributed by atoms with Crippen molar-refractivity contribution in [3.63, 3.8) is 0 Å². The molecular weight excluding hydrogens is 1000 g/mol. The van der Waals surface area contributed by atoms with Crippen LogP contribution in [-0.2, 0) is 33.2 Å². The van der Waals surface area contributed by atoms with Crippen molar-refractivity contribution in [2.24, 2.45) is 0 Å². The number of hydrogen-bond acceptors (Lipinski definition) is 14. The largest absolute Gasteiger partial charge is 0.457 e. The first-order valence-corrected chi connectivity index (χ1v) is 31.5. The third-order valence-corrected chi connectivity index (χ3v) is 14.7. The second-order valence-corrected chi connectivity index (χ2v) is 21.8. The van der Waals surface area contributed by atoms with Gasteiger partial charge in [-0.15, -0.1) is 0 Å². The van der Waals surface area contributed by atoms with E-state index in [1.165, 1.54) is 116 Å². The zero-order valence-corrected chi connectivity index (χ0v) is 49.3. The normalized spacial score (nSPS) is 24.5. The van der Waals surface area contributed by atoms with Gasteiger partial charge in [0.15, 0.2) is 12.6 Å². The number of carbonyl (C=O) groups is 1. The number of aliphatic hydroxyl groups excluding tert-OH is 7. The van der Waals surface area contributed by atoms with Crippen molar-refractivity contribution in [3.8, 4) is 0 Å². The summed E-state index contributed by atoms with van der Waals surface area (Å²) in [6.07, 6.45) is 49.6. The molecule has 2 aliphatic heterocycles. The lowest BCUT2D eigenvalue weighted by Gasteiger charge is -2.42. The molecule has 0 saturated carbocycles. The molecule has 0 spiro atoms. The Hall–Kier alpha value is -2.57. The van der Waals surface area contributed by atoms with E-state index in [0.717, 1.165) is 89.9 Å². The fourth-order valence-electron chi connectivity index (χ4n) is 9.66. The van der Waals surface area contributed by atoms with Gasteiger partial charge in [0, 0.05) is 13.0 Å². The molecule has 2 aliphatic rings. The molecule has 2 rings (SSSR count). The van der Waals surface area contributed by atoms with Gasteiger partial charge in [0.2, 0.25) is 0 Å². The van der Waals surface area contributed by atoms with Crippen molar-refractivity contribution in [3.05, 3.63) is 72.9 Å². The van der Waals surface area contributed by atoms with Crippen molar-refractivity contribution in [1.82, 2.24) is 0 Å². The molecule has 14 heteroatoms. The number of unbranched alkanes of at least 4 members (excludes halogenated alkanes) is 25. The molecule has 0 bridgehead atoms. The second-order valence-electron chi connectivity index (χ2n) is 21.8. The average Bonchev–Trinajstić information content (AvgIpc) is 3.46. The van der Waals surface area contributed by atoms with Gasteiger partial charge in [-0.2, -0.15) is 0 Å². The van der Waals surface area contributed by atoms with Crippen LogP contribution in [0.25, 0.3) is 0 Å². The Morgan fingerprint density at radius 1 is 0.430 bits per heavy atom. The summed E-state index contributed by atoms with van der Waals surface area (Å²) in [7, 11) is 0. The van der Waals surface area contributed by atoms with E-state index in [1.807, 2.05) is 0 Å². The minimum atomic E-state index is -1.71. The van der Waals surface area contributed by atoms with Crippen LogP contribution in [0.4, 0.5) is 0 Å². The molecule has 0 aliphatic carbocycles. The van der Waals surface area contributed by atoms with Crippen LogP contribution in [0.5, 0.6) is 0 Å². The molecule has 7 N–H and O–H groups in total. The highest BCUT2D eigenvalue weighted by atomic mass is 16.7. The molecular formula is C65H114O14. The third-order valence-electron chi connectivity index (χ3n) is 14.7. The lowest BCUT2D eigenvalue weighted by atomic mass is 9.98. The van der Waals surface area contributed by atoms with E-state index in [2.05, 4.69) is 86.8 Å². The highest BCUT2D eigenvalue weighted by Gasteiger charge is 2.47. The summed E-state index contributed by atoms with van der Waals surface area (Å²) in [4.78, 5) is 13.1. The van der Waals surface area contributed by atoms with Gasteiger partial charge in [-0.3, -0.25) is 4.79 Å². The quantitative estimate of drug-likeness (QED) is 0.0172. The van der Waals surface area contributed by atoms with E-state index in [-0.39, 0.29) is 25.6 Å². The molecule has 14 nitrogen and oxygen atoms in total. The van der Waals surface area contributed by atoms with Crippen LogP contribution >= 0.6 is 0 Å². The van der Waals surface area contributed by atoms with Crippen molar-refractivity contribution in [1.29, 1.82) is 0 Å². The van der Waals surface area contributed by atoms with E-state index in [1.54, 1.807) is 0 Å². The highest BCUT2D eigenvalue weighted by Crippen LogP contribution is 2.27. The number of allylic oxidation sites excluding steroid dienone is 12. The van der Waals surface area contributed by atoms with Gasteiger partial charge in [0.05, 0.1) is 26.4 Å². The summed E-state index contributed by atoms with van der Waals surface area (Å²) in [6.45, 7) is 3.56. The van der Waals surface area contributed by atoms with Crippen molar-refractivity contribution in [2.45, 2.75) is 300 Å². The van der Waals surface area contributed by atoms with Gasteiger partial charge in [-0.25, -0.2) is 0 Å². The summed E-state index contributed by atoms with van der Waals surface area (Å²) < 4.78 is 34.5. The maximum Gasteiger partial charge on any atom is 0.306 e. The van der Waals surface area contributed by atoms with Crippen molar-refractivity contribution >= 4 is 5.97 Å². The van der Waals surface area contributed by atoms with Gasteiger partial charge in [0.25, 0.3) is 0 Å². The third kappa shape index (κ3) is 37.3. The van der Waals surface area contributed by atoms with E-state index in [9.17, 15) is 40.5 Å². The molecule has 0 aromatic rings. The zero-order chi connectivity index (χ0) is 57.2. The fraction of sp³-hybridized carbons (Fsp3) is 0.800. The first-order chi connectivity index (χ1) is 38.6. The Labute approximate surface area is 478 Å². The Balaban J connectivity index is 1.68. The van der Waals surface area contributed by atoms with Crippen molar-refractivity contribution < 1.29 is 69.0 Å². The number of hydrogen-bond donors (Lipinski definition) is 7. The van der Waals surface area contributed by atoms with Crippen LogP contribution in [0.3, 0.4) is 0 Å². The van der Waals surface area contributed by atoms with Crippen LogP contribution < -0.4 is 0 Å². The molecule has 11 unspecified atom stereocenters. The molecule has 79 heavy (non-hydrogen) atoms. The van der Waals surface area contributed by atoms with Gasteiger partial charge >= 0.3 is 5.97 Å². The first kappa shape index (κ1) is 72.5. The topological polar surface area (TPSA) is 214 Å². The Bertz CT molecular complexity index is 1580. The summed E-state index contributed by atoms with van der Waals surface area (Å²) in [5.41, 5.74) is 0. The van der Waals surface area contributed by atoms with E-state index in [4.69, 9.17) is 28.4 Å². The number of aliphatic hydroxyl groups is 7. The molecule has 0 radical (unpaired) electrons. The maximum atomic E-state index is 13.1. The number of rotatable bonds is 51. The summed E-state index contributed by atoms with van der Waals surface area (Å²) >= 11 is 0. The SMILES string of the molecule is CC/C=C\C/C=C\C/C=C\C/C=C\CCCCCCCCC(=O)OC(COCCCCCCCCCCCCCCCC/C=C\C/C=C\CCCCCCC)COC1OC(COC2OC(CO)C(O)C(O)C2O)C(O)C(O)C1O. The summed E-state index contributed by atoms with van der Waals surface area (Å²) in [6, 6.07) is 0. The first-order valence-electron chi connectivity index (χ1n) is 31.5. The van der Waals surface area contributed by atoms with Crippen LogP contribution in [0.2, 0.25) is 0 Å².